The molecule has 126 valence electrons. The molecule has 0 unspecified atom stereocenters. The SMILES string of the molecule is COC[C@@H](C)NC[C@@H](O)COc1cc(C)c(Cl)cc1C(C)C. The first-order valence-corrected chi connectivity index (χ1v) is 8.06. The van der Waals surface area contributed by atoms with Crippen LogP contribution in [0.5, 0.6) is 5.75 Å². The third-order valence-corrected chi connectivity index (χ3v) is 3.87. The molecular formula is C17H28ClNO3. The molecule has 0 saturated carbocycles. The Morgan fingerprint density at radius 3 is 2.50 bits per heavy atom. The van der Waals surface area contributed by atoms with E-state index in [2.05, 4.69) is 19.2 Å². The molecule has 0 radical (unpaired) electrons. The zero-order valence-corrected chi connectivity index (χ0v) is 14.9. The Hall–Kier alpha value is -0.810. The Morgan fingerprint density at radius 1 is 1.23 bits per heavy atom. The highest BCUT2D eigenvalue weighted by atomic mass is 35.5. The van der Waals surface area contributed by atoms with Gasteiger partial charge in [-0.15, -0.1) is 0 Å². The van der Waals surface area contributed by atoms with Gasteiger partial charge in [-0.3, -0.25) is 0 Å². The van der Waals surface area contributed by atoms with Crippen molar-refractivity contribution < 1.29 is 14.6 Å². The quantitative estimate of drug-likeness (QED) is 0.731. The molecule has 0 aliphatic heterocycles. The molecule has 0 amide bonds. The minimum Gasteiger partial charge on any atom is -0.491 e. The van der Waals surface area contributed by atoms with E-state index < -0.39 is 6.10 Å². The Bertz CT molecular complexity index is 465. The van der Waals surface area contributed by atoms with Crippen LogP contribution in [-0.4, -0.2) is 44.1 Å². The monoisotopic (exact) mass is 329 g/mol. The largest absolute Gasteiger partial charge is 0.491 e. The number of ether oxygens (including phenoxy) is 2. The van der Waals surface area contributed by atoms with Crippen molar-refractivity contribution in [2.75, 3.05) is 26.9 Å². The number of methoxy groups -OCH3 is 1. The molecule has 2 atom stereocenters. The van der Waals surface area contributed by atoms with Gasteiger partial charge in [-0.1, -0.05) is 25.4 Å². The lowest BCUT2D eigenvalue weighted by molar-refractivity contribution is 0.0967. The maximum atomic E-state index is 10.0. The molecule has 5 heteroatoms. The van der Waals surface area contributed by atoms with Gasteiger partial charge >= 0.3 is 0 Å². The van der Waals surface area contributed by atoms with Crippen LogP contribution in [0.25, 0.3) is 0 Å². The van der Waals surface area contributed by atoms with Crippen molar-refractivity contribution in [2.24, 2.45) is 0 Å². The molecular weight excluding hydrogens is 302 g/mol. The van der Waals surface area contributed by atoms with E-state index in [1.165, 1.54) is 0 Å². The molecule has 0 heterocycles. The van der Waals surface area contributed by atoms with E-state index in [9.17, 15) is 5.11 Å². The fourth-order valence-electron chi connectivity index (χ4n) is 2.14. The third-order valence-electron chi connectivity index (χ3n) is 3.46. The summed E-state index contributed by atoms with van der Waals surface area (Å²) in [6.07, 6.45) is -0.574. The highest BCUT2D eigenvalue weighted by Crippen LogP contribution is 2.32. The topological polar surface area (TPSA) is 50.7 Å². The van der Waals surface area contributed by atoms with Crippen LogP contribution in [0, 0.1) is 6.92 Å². The second-order valence-corrected chi connectivity index (χ2v) is 6.43. The van der Waals surface area contributed by atoms with Crippen molar-refractivity contribution in [1.29, 1.82) is 0 Å². The summed E-state index contributed by atoms with van der Waals surface area (Å²) in [5.74, 6) is 1.10. The molecule has 0 spiro atoms. The predicted octanol–water partition coefficient (Wildman–Crippen LogP) is 3.14. The summed E-state index contributed by atoms with van der Waals surface area (Å²) in [6, 6.07) is 4.08. The standard InChI is InChI=1S/C17H28ClNO3/c1-11(2)15-7-16(18)12(3)6-17(15)22-10-14(20)8-19-13(4)9-21-5/h6-7,11,13-14,19-20H,8-10H2,1-5H3/t13-,14-/m1/s1. The summed E-state index contributed by atoms with van der Waals surface area (Å²) in [6.45, 7) is 9.47. The van der Waals surface area contributed by atoms with Gasteiger partial charge in [-0.05, 0) is 43.0 Å². The van der Waals surface area contributed by atoms with Crippen molar-refractivity contribution in [3.63, 3.8) is 0 Å². The molecule has 0 aliphatic carbocycles. The summed E-state index contributed by atoms with van der Waals surface area (Å²) in [5.41, 5.74) is 2.03. The van der Waals surface area contributed by atoms with Gasteiger partial charge in [0.05, 0.1) is 6.61 Å². The van der Waals surface area contributed by atoms with Gasteiger partial charge in [-0.2, -0.15) is 0 Å². The summed E-state index contributed by atoms with van der Waals surface area (Å²) < 4.78 is 10.9. The lowest BCUT2D eigenvalue weighted by Crippen LogP contribution is -2.38. The van der Waals surface area contributed by atoms with Crippen LogP contribution < -0.4 is 10.1 Å². The number of hydrogen-bond donors (Lipinski definition) is 2. The lowest BCUT2D eigenvalue weighted by Gasteiger charge is -2.19. The number of rotatable bonds is 9. The van der Waals surface area contributed by atoms with Crippen LogP contribution in [0.3, 0.4) is 0 Å². The zero-order valence-electron chi connectivity index (χ0n) is 14.1. The van der Waals surface area contributed by atoms with E-state index in [0.717, 1.165) is 21.9 Å². The lowest BCUT2D eigenvalue weighted by atomic mass is 10.0. The summed E-state index contributed by atoms with van der Waals surface area (Å²) >= 11 is 6.18. The Morgan fingerprint density at radius 2 is 1.91 bits per heavy atom. The number of aliphatic hydroxyl groups is 1. The molecule has 1 rings (SSSR count). The van der Waals surface area contributed by atoms with E-state index >= 15 is 0 Å². The van der Waals surface area contributed by atoms with Gasteiger partial charge in [-0.25, -0.2) is 0 Å². The minimum atomic E-state index is -0.574. The molecule has 0 bridgehead atoms. The molecule has 22 heavy (non-hydrogen) atoms. The number of halogens is 1. The molecule has 0 aliphatic rings. The Kier molecular flexibility index (Phi) is 8.18. The summed E-state index contributed by atoms with van der Waals surface area (Å²) in [5, 5.41) is 14.0. The number of benzene rings is 1. The van der Waals surface area contributed by atoms with Crippen molar-refractivity contribution in [1.82, 2.24) is 5.32 Å². The fraction of sp³-hybridized carbons (Fsp3) is 0.647. The van der Waals surface area contributed by atoms with Crippen LogP contribution in [0.15, 0.2) is 12.1 Å². The van der Waals surface area contributed by atoms with Gasteiger partial charge in [0.1, 0.15) is 18.5 Å². The fourth-order valence-corrected chi connectivity index (χ4v) is 2.31. The van der Waals surface area contributed by atoms with Gasteiger partial charge in [0.15, 0.2) is 0 Å². The second kappa shape index (κ2) is 9.36. The van der Waals surface area contributed by atoms with Crippen LogP contribution in [0.1, 0.15) is 37.8 Å². The maximum Gasteiger partial charge on any atom is 0.123 e. The van der Waals surface area contributed by atoms with Crippen LogP contribution in [-0.2, 0) is 4.74 Å². The molecule has 2 N–H and O–H groups in total. The molecule has 0 fully saturated rings. The average Bonchev–Trinajstić information content (AvgIpc) is 2.46. The molecule has 1 aromatic rings. The summed E-state index contributed by atoms with van der Waals surface area (Å²) in [7, 11) is 1.66. The molecule has 0 aromatic heterocycles. The number of hydrogen-bond acceptors (Lipinski definition) is 4. The Labute approximate surface area is 138 Å². The highest BCUT2D eigenvalue weighted by molar-refractivity contribution is 6.31. The summed E-state index contributed by atoms with van der Waals surface area (Å²) in [4.78, 5) is 0. The van der Waals surface area contributed by atoms with Gasteiger partial charge < -0.3 is 19.9 Å². The third kappa shape index (κ3) is 6.13. The number of aryl methyl sites for hydroxylation is 1. The van der Waals surface area contributed by atoms with Gasteiger partial charge in [0.2, 0.25) is 0 Å². The van der Waals surface area contributed by atoms with Crippen molar-refractivity contribution in [3.05, 3.63) is 28.3 Å². The van der Waals surface area contributed by atoms with Gasteiger partial charge in [0, 0.05) is 24.7 Å². The minimum absolute atomic E-state index is 0.198. The normalized spacial score (nSPS) is 14.2. The smallest absolute Gasteiger partial charge is 0.123 e. The van der Waals surface area contributed by atoms with E-state index in [-0.39, 0.29) is 12.6 Å². The van der Waals surface area contributed by atoms with Gasteiger partial charge in [0.25, 0.3) is 0 Å². The van der Waals surface area contributed by atoms with Crippen LogP contribution in [0.2, 0.25) is 5.02 Å². The van der Waals surface area contributed by atoms with E-state index in [4.69, 9.17) is 21.1 Å². The first-order chi connectivity index (χ1) is 10.3. The maximum absolute atomic E-state index is 10.0. The van der Waals surface area contributed by atoms with Crippen LogP contribution >= 0.6 is 11.6 Å². The average molecular weight is 330 g/mol. The number of nitrogens with one attached hydrogen (secondary N) is 1. The highest BCUT2D eigenvalue weighted by Gasteiger charge is 2.13. The predicted molar refractivity (Wildman–Crippen MR) is 91.1 cm³/mol. The molecule has 0 saturated heterocycles. The van der Waals surface area contributed by atoms with E-state index in [1.54, 1.807) is 7.11 Å². The zero-order chi connectivity index (χ0) is 16.7. The van der Waals surface area contributed by atoms with Crippen molar-refractivity contribution >= 4 is 11.6 Å². The number of aliphatic hydroxyl groups excluding tert-OH is 1. The molecule has 1 aromatic carbocycles. The molecule has 4 nitrogen and oxygen atoms in total. The van der Waals surface area contributed by atoms with Crippen molar-refractivity contribution in [3.8, 4) is 5.75 Å². The first-order valence-electron chi connectivity index (χ1n) is 7.68. The second-order valence-electron chi connectivity index (χ2n) is 6.02. The van der Waals surface area contributed by atoms with E-state index in [0.29, 0.717) is 19.1 Å². The van der Waals surface area contributed by atoms with Crippen molar-refractivity contribution in [2.45, 2.75) is 45.8 Å². The Balaban J connectivity index is 2.58. The first kappa shape index (κ1) is 19.2. The van der Waals surface area contributed by atoms with E-state index in [1.807, 2.05) is 26.0 Å². The van der Waals surface area contributed by atoms with Crippen LogP contribution in [0.4, 0.5) is 0 Å².